The molecule has 0 aliphatic rings. The summed E-state index contributed by atoms with van der Waals surface area (Å²) < 4.78 is 1.65. The molecule has 0 spiro atoms. The number of rotatable bonds is 4. The van der Waals surface area contributed by atoms with Gasteiger partial charge in [-0.05, 0) is 23.8 Å². The Morgan fingerprint density at radius 3 is 2.70 bits per heavy atom. The largest absolute Gasteiger partial charge is 0.505 e. The van der Waals surface area contributed by atoms with Crippen LogP contribution >= 0.6 is 11.6 Å². The second kappa shape index (κ2) is 6.05. The van der Waals surface area contributed by atoms with Crippen molar-refractivity contribution in [2.75, 3.05) is 0 Å². The number of primary amides is 1. The Hall–Kier alpha value is -2.93. The third-order valence-corrected chi connectivity index (χ3v) is 3.45. The summed E-state index contributed by atoms with van der Waals surface area (Å²) >= 11 is 5.85. The van der Waals surface area contributed by atoms with E-state index in [1.165, 1.54) is 12.3 Å². The van der Waals surface area contributed by atoms with Crippen molar-refractivity contribution in [2.45, 2.75) is 6.54 Å². The second-order valence-corrected chi connectivity index (χ2v) is 5.32. The molecule has 2 heterocycles. The monoisotopic (exact) mass is 329 g/mol. The van der Waals surface area contributed by atoms with Gasteiger partial charge in [0.25, 0.3) is 5.91 Å². The van der Waals surface area contributed by atoms with Crippen molar-refractivity contribution in [3.05, 3.63) is 59.0 Å². The van der Waals surface area contributed by atoms with Gasteiger partial charge in [0.2, 0.25) is 0 Å². The van der Waals surface area contributed by atoms with Crippen LogP contribution < -0.4 is 5.73 Å². The standard InChI is InChI=1S/C15H12ClN5O2/c16-11-3-1-9(2-4-11)7-21-8-12(19-20-21)10-5-13(22)14(15(17)23)18-6-10/h1-6,8,22H,7H2,(H2,17,23). The number of amides is 1. The summed E-state index contributed by atoms with van der Waals surface area (Å²) in [6.07, 6.45) is 3.13. The number of pyridine rings is 1. The van der Waals surface area contributed by atoms with Gasteiger partial charge in [0, 0.05) is 16.8 Å². The number of benzene rings is 1. The Morgan fingerprint density at radius 2 is 2.04 bits per heavy atom. The number of hydrogen-bond acceptors (Lipinski definition) is 5. The smallest absolute Gasteiger partial charge is 0.271 e. The van der Waals surface area contributed by atoms with Crippen molar-refractivity contribution >= 4 is 17.5 Å². The third-order valence-electron chi connectivity index (χ3n) is 3.19. The fourth-order valence-corrected chi connectivity index (χ4v) is 2.19. The van der Waals surface area contributed by atoms with Crippen LogP contribution in [0, 0.1) is 0 Å². The fraction of sp³-hybridized carbons (Fsp3) is 0.0667. The van der Waals surface area contributed by atoms with E-state index in [1.54, 1.807) is 23.0 Å². The lowest BCUT2D eigenvalue weighted by molar-refractivity contribution is 0.0993. The first-order chi connectivity index (χ1) is 11.0. The van der Waals surface area contributed by atoms with Crippen LogP contribution in [0.2, 0.25) is 5.02 Å². The van der Waals surface area contributed by atoms with Crippen LogP contribution in [0.1, 0.15) is 16.1 Å². The van der Waals surface area contributed by atoms with E-state index in [9.17, 15) is 9.90 Å². The summed E-state index contributed by atoms with van der Waals surface area (Å²) in [6, 6.07) is 8.79. The van der Waals surface area contributed by atoms with Crippen LogP contribution in [0.3, 0.4) is 0 Å². The zero-order chi connectivity index (χ0) is 16.4. The van der Waals surface area contributed by atoms with Crippen LogP contribution in [-0.2, 0) is 6.54 Å². The van der Waals surface area contributed by atoms with Crippen molar-refractivity contribution in [1.82, 2.24) is 20.0 Å². The first kappa shape index (κ1) is 15.0. The third kappa shape index (κ3) is 3.29. The molecule has 0 aliphatic carbocycles. The molecule has 0 saturated carbocycles. The highest BCUT2D eigenvalue weighted by atomic mass is 35.5. The molecule has 0 bridgehead atoms. The predicted octanol–water partition coefficient (Wildman–Crippen LogP) is 1.85. The summed E-state index contributed by atoms with van der Waals surface area (Å²) in [5.41, 5.74) is 7.01. The van der Waals surface area contributed by atoms with Crippen LogP contribution in [0.15, 0.2) is 42.7 Å². The molecule has 0 aliphatic heterocycles. The van der Waals surface area contributed by atoms with Crippen molar-refractivity contribution in [3.8, 4) is 17.0 Å². The number of carbonyl (C=O) groups excluding carboxylic acids is 1. The number of aromatic nitrogens is 4. The summed E-state index contributed by atoms with van der Waals surface area (Å²) in [6.45, 7) is 0.531. The Kier molecular flexibility index (Phi) is 3.94. The van der Waals surface area contributed by atoms with E-state index in [0.29, 0.717) is 22.8 Å². The van der Waals surface area contributed by atoms with Gasteiger partial charge >= 0.3 is 0 Å². The zero-order valence-electron chi connectivity index (χ0n) is 11.8. The highest BCUT2D eigenvalue weighted by molar-refractivity contribution is 6.30. The van der Waals surface area contributed by atoms with Crippen LogP contribution in [0.25, 0.3) is 11.3 Å². The normalized spacial score (nSPS) is 10.7. The summed E-state index contributed by atoms with van der Waals surface area (Å²) in [5.74, 6) is -1.08. The molecule has 0 radical (unpaired) electrons. The molecule has 0 atom stereocenters. The van der Waals surface area contributed by atoms with Crippen LogP contribution in [-0.4, -0.2) is 31.0 Å². The molecule has 0 saturated heterocycles. The molecule has 7 nitrogen and oxygen atoms in total. The Bertz CT molecular complexity index is 861. The van der Waals surface area contributed by atoms with E-state index in [2.05, 4.69) is 15.3 Å². The van der Waals surface area contributed by atoms with E-state index in [1.807, 2.05) is 12.1 Å². The average Bonchev–Trinajstić information content (AvgIpc) is 2.97. The maximum atomic E-state index is 11.1. The number of carbonyl (C=O) groups is 1. The molecular weight excluding hydrogens is 318 g/mol. The van der Waals surface area contributed by atoms with Crippen LogP contribution in [0.4, 0.5) is 0 Å². The maximum Gasteiger partial charge on any atom is 0.271 e. The number of aromatic hydroxyl groups is 1. The minimum absolute atomic E-state index is 0.178. The maximum absolute atomic E-state index is 11.1. The minimum atomic E-state index is -0.791. The molecule has 3 aromatic rings. The van der Waals surface area contributed by atoms with Gasteiger partial charge in [-0.2, -0.15) is 0 Å². The first-order valence-electron chi connectivity index (χ1n) is 6.66. The van der Waals surface area contributed by atoms with E-state index in [-0.39, 0.29) is 11.4 Å². The lowest BCUT2D eigenvalue weighted by atomic mass is 10.2. The van der Waals surface area contributed by atoms with E-state index in [4.69, 9.17) is 17.3 Å². The summed E-state index contributed by atoms with van der Waals surface area (Å²) in [5, 5.41) is 18.5. The summed E-state index contributed by atoms with van der Waals surface area (Å²) in [4.78, 5) is 14.9. The lowest BCUT2D eigenvalue weighted by Gasteiger charge is -2.02. The Morgan fingerprint density at radius 1 is 1.30 bits per heavy atom. The van der Waals surface area contributed by atoms with Gasteiger partial charge in [0.15, 0.2) is 5.69 Å². The van der Waals surface area contributed by atoms with Gasteiger partial charge in [-0.25, -0.2) is 9.67 Å². The lowest BCUT2D eigenvalue weighted by Crippen LogP contribution is -2.13. The van der Waals surface area contributed by atoms with Gasteiger partial charge in [0.05, 0.1) is 12.7 Å². The molecule has 1 aromatic carbocycles. The highest BCUT2D eigenvalue weighted by Crippen LogP contribution is 2.23. The van der Waals surface area contributed by atoms with Crippen molar-refractivity contribution in [2.24, 2.45) is 5.73 Å². The average molecular weight is 330 g/mol. The Labute approximate surface area is 136 Å². The van der Waals surface area contributed by atoms with Gasteiger partial charge < -0.3 is 10.8 Å². The molecular formula is C15H12ClN5O2. The quantitative estimate of drug-likeness (QED) is 0.759. The Balaban J connectivity index is 1.83. The van der Waals surface area contributed by atoms with Crippen molar-refractivity contribution < 1.29 is 9.90 Å². The van der Waals surface area contributed by atoms with Crippen LogP contribution in [0.5, 0.6) is 5.75 Å². The molecule has 116 valence electrons. The number of nitrogens with zero attached hydrogens (tertiary/aromatic N) is 4. The number of hydrogen-bond donors (Lipinski definition) is 2. The minimum Gasteiger partial charge on any atom is -0.505 e. The molecule has 1 amide bonds. The molecule has 0 unspecified atom stereocenters. The number of nitrogens with two attached hydrogens (primary N) is 1. The molecule has 0 fully saturated rings. The van der Waals surface area contributed by atoms with Crippen molar-refractivity contribution in [1.29, 1.82) is 0 Å². The second-order valence-electron chi connectivity index (χ2n) is 4.88. The molecule has 3 N–H and O–H groups in total. The SMILES string of the molecule is NC(=O)c1ncc(-c2cn(Cc3ccc(Cl)cc3)nn2)cc1O. The van der Waals surface area contributed by atoms with E-state index < -0.39 is 5.91 Å². The van der Waals surface area contributed by atoms with E-state index in [0.717, 1.165) is 5.56 Å². The molecule has 2 aromatic heterocycles. The first-order valence-corrected chi connectivity index (χ1v) is 7.04. The predicted molar refractivity (Wildman–Crippen MR) is 84.0 cm³/mol. The van der Waals surface area contributed by atoms with Gasteiger partial charge in [0.1, 0.15) is 11.4 Å². The fourth-order valence-electron chi connectivity index (χ4n) is 2.07. The zero-order valence-corrected chi connectivity index (χ0v) is 12.6. The van der Waals surface area contributed by atoms with Gasteiger partial charge in [-0.15, -0.1) is 5.10 Å². The van der Waals surface area contributed by atoms with Gasteiger partial charge in [-0.1, -0.05) is 28.9 Å². The highest BCUT2D eigenvalue weighted by Gasteiger charge is 2.12. The molecule has 3 rings (SSSR count). The molecule has 8 heteroatoms. The topological polar surface area (TPSA) is 107 Å². The van der Waals surface area contributed by atoms with Gasteiger partial charge in [-0.3, -0.25) is 4.79 Å². The summed E-state index contributed by atoms with van der Waals surface area (Å²) in [7, 11) is 0. The number of halogens is 1. The van der Waals surface area contributed by atoms with Crippen molar-refractivity contribution in [3.63, 3.8) is 0 Å². The van der Waals surface area contributed by atoms with E-state index >= 15 is 0 Å². The molecule has 23 heavy (non-hydrogen) atoms.